The fraction of sp³-hybridized carbons (Fsp3) is 0.238. The highest BCUT2D eigenvalue weighted by Crippen LogP contribution is 2.29. The van der Waals surface area contributed by atoms with E-state index in [1.807, 2.05) is 6.07 Å². The average Bonchev–Trinajstić information content (AvgIpc) is 3.04. The summed E-state index contributed by atoms with van der Waals surface area (Å²) in [6.07, 6.45) is -3.38. The Hall–Kier alpha value is -2.98. The first kappa shape index (κ1) is 20.7. The summed E-state index contributed by atoms with van der Waals surface area (Å²) < 4.78 is 49.2. The molecule has 0 saturated heterocycles. The van der Waals surface area contributed by atoms with Crippen molar-refractivity contribution in [2.45, 2.75) is 32.5 Å². The molecule has 0 bridgehead atoms. The molecule has 1 aromatic heterocycles. The van der Waals surface area contributed by atoms with E-state index < -0.39 is 11.7 Å². The SMILES string of the molecule is Cc1nc(CCc2ccc(C(F)(F)F)cc2)oc1COc1ccc(C#N)c(Cl)c1. The number of benzene rings is 2. The van der Waals surface area contributed by atoms with Gasteiger partial charge in [0.05, 0.1) is 21.8 Å². The van der Waals surface area contributed by atoms with E-state index in [-0.39, 0.29) is 6.61 Å². The summed E-state index contributed by atoms with van der Waals surface area (Å²) in [6.45, 7) is 1.93. The Morgan fingerprint density at radius 2 is 1.86 bits per heavy atom. The molecule has 0 amide bonds. The van der Waals surface area contributed by atoms with Gasteiger partial charge in [0.2, 0.25) is 0 Å². The van der Waals surface area contributed by atoms with E-state index in [1.54, 1.807) is 25.1 Å². The lowest BCUT2D eigenvalue weighted by Crippen LogP contribution is -2.04. The lowest BCUT2D eigenvalue weighted by Gasteiger charge is -2.07. The van der Waals surface area contributed by atoms with Gasteiger partial charge in [0.25, 0.3) is 0 Å². The molecule has 3 aromatic rings. The van der Waals surface area contributed by atoms with Crippen LogP contribution in [0, 0.1) is 18.3 Å². The summed E-state index contributed by atoms with van der Waals surface area (Å²) in [4.78, 5) is 4.34. The highest BCUT2D eigenvalue weighted by Gasteiger charge is 2.29. The second kappa shape index (κ2) is 8.58. The van der Waals surface area contributed by atoms with Crippen LogP contribution in [0.2, 0.25) is 5.02 Å². The van der Waals surface area contributed by atoms with Crippen molar-refractivity contribution in [3.05, 3.63) is 81.5 Å². The van der Waals surface area contributed by atoms with Crippen LogP contribution >= 0.6 is 11.6 Å². The summed E-state index contributed by atoms with van der Waals surface area (Å²) >= 11 is 5.98. The maximum Gasteiger partial charge on any atom is 0.416 e. The zero-order valence-electron chi connectivity index (χ0n) is 15.4. The Balaban J connectivity index is 1.59. The van der Waals surface area contributed by atoms with Crippen LogP contribution in [0.15, 0.2) is 46.9 Å². The highest BCUT2D eigenvalue weighted by molar-refractivity contribution is 6.31. The number of aromatic nitrogens is 1. The number of alkyl halides is 3. The highest BCUT2D eigenvalue weighted by atomic mass is 35.5. The van der Waals surface area contributed by atoms with Gasteiger partial charge in [-0.15, -0.1) is 0 Å². The summed E-state index contributed by atoms with van der Waals surface area (Å²) in [7, 11) is 0. The van der Waals surface area contributed by atoms with Crippen molar-refractivity contribution >= 4 is 11.6 Å². The van der Waals surface area contributed by atoms with Crippen LogP contribution in [-0.4, -0.2) is 4.98 Å². The molecule has 8 heteroatoms. The van der Waals surface area contributed by atoms with E-state index in [9.17, 15) is 13.2 Å². The van der Waals surface area contributed by atoms with Crippen molar-refractivity contribution in [1.29, 1.82) is 5.26 Å². The van der Waals surface area contributed by atoms with Crippen molar-refractivity contribution in [3.63, 3.8) is 0 Å². The van der Waals surface area contributed by atoms with Crippen LogP contribution in [0.1, 0.15) is 34.0 Å². The minimum Gasteiger partial charge on any atom is -0.486 e. The molecule has 0 radical (unpaired) electrons. The molecule has 0 saturated carbocycles. The van der Waals surface area contributed by atoms with E-state index in [0.717, 1.165) is 17.7 Å². The lowest BCUT2D eigenvalue weighted by molar-refractivity contribution is -0.137. The summed E-state index contributed by atoms with van der Waals surface area (Å²) in [5.41, 5.74) is 1.13. The number of hydrogen-bond donors (Lipinski definition) is 0. The molecule has 0 N–H and O–H groups in total. The molecule has 0 aliphatic heterocycles. The molecule has 2 aromatic carbocycles. The first-order chi connectivity index (χ1) is 13.8. The summed E-state index contributed by atoms with van der Waals surface area (Å²) in [5.74, 6) is 1.53. The number of nitriles is 1. The summed E-state index contributed by atoms with van der Waals surface area (Å²) in [6, 6.07) is 11.8. The van der Waals surface area contributed by atoms with Crippen LogP contribution < -0.4 is 4.74 Å². The third-order valence-corrected chi connectivity index (χ3v) is 4.59. The number of nitrogens with zero attached hydrogens (tertiary/aromatic N) is 2. The van der Waals surface area contributed by atoms with Crippen molar-refractivity contribution in [3.8, 4) is 11.8 Å². The Bertz CT molecular complexity index is 1040. The molecule has 0 fully saturated rings. The molecule has 0 aliphatic carbocycles. The van der Waals surface area contributed by atoms with Gasteiger partial charge in [-0.2, -0.15) is 18.4 Å². The Morgan fingerprint density at radius 3 is 2.48 bits per heavy atom. The van der Waals surface area contributed by atoms with Crippen LogP contribution in [0.25, 0.3) is 0 Å². The van der Waals surface area contributed by atoms with Crippen molar-refractivity contribution in [2.75, 3.05) is 0 Å². The zero-order chi connectivity index (χ0) is 21.0. The molecular weight excluding hydrogens is 405 g/mol. The third kappa shape index (κ3) is 5.30. The Kier molecular flexibility index (Phi) is 6.14. The van der Waals surface area contributed by atoms with Crippen molar-refractivity contribution in [2.24, 2.45) is 0 Å². The Labute approximate surface area is 170 Å². The number of ether oxygens (including phenoxy) is 1. The van der Waals surface area contributed by atoms with E-state index in [0.29, 0.717) is 46.5 Å². The molecule has 0 spiro atoms. The van der Waals surface area contributed by atoms with Crippen molar-refractivity contribution in [1.82, 2.24) is 4.98 Å². The van der Waals surface area contributed by atoms with Gasteiger partial charge in [0, 0.05) is 12.5 Å². The molecule has 0 atom stereocenters. The fourth-order valence-electron chi connectivity index (χ4n) is 2.67. The molecule has 4 nitrogen and oxygen atoms in total. The van der Waals surface area contributed by atoms with Gasteiger partial charge in [0.15, 0.2) is 11.7 Å². The Morgan fingerprint density at radius 1 is 1.14 bits per heavy atom. The maximum absolute atomic E-state index is 12.6. The van der Waals surface area contributed by atoms with Gasteiger partial charge >= 0.3 is 6.18 Å². The number of hydrogen-bond acceptors (Lipinski definition) is 4. The topological polar surface area (TPSA) is 59.1 Å². The second-order valence-corrected chi connectivity index (χ2v) is 6.76. The van der Waals surface area contributed by atoms with E-state index >= 15 is 0 Å². The number of aryl methyl sites for hydroxylation is 3. The molecule has 0 unspecified atom stereocenters. The largest absolute Gasteiger partial charge is 0.486 e. The number of rotatable bonds is 6. The molecular formula is C21H16ClF3N2O2. The molecule has 0 aliphatic rings. The minimum atomic E-state index is -4.34. The van der Waals surface area contributed by atoms with Crippen molar-refractivity contribution < 1.29 is 22.3 Å². The van der Waals surface area contributed by atoms with Crippen LogP contribution in [0.5, 0.6) is 5.75 Å². The molecule has 150 valence electrons. The lowest BCUT2D eigenvalue weighted by atomic mass is 10.1. The third-order valence-electron chi connectivity index (χ3n) is 4.28. The maximum atomic E-state index is 12.6. The molecule has 3 rings (SSSR count). The fourth-order valence-corrected chi connectivity index (χ4v) is 2.88. The van der Waals surface area contributed by atoms with E-state index in [4.69, 9.17) is 26.0 Å². The van der Waals surface area contributed by atoms with Gasteiger partial charge in [-0.1, -0.05) is 23.7 Å². The van der Waals surface area contributed by atoms with Gasteiger partial charge in [-0.3, -0.25) is 0 Å². The van der Waals surface area contributed by atoms with Gasteiger partial charge in [-0.05, 0) is 43.2 Å². The zero-order valence-corrected chi connectivity index (χ0v) is 16.1. The molecule has 29 heavy (non-hydrogen) atoms. The standard InChI is InChI=1S/C21H16ClF3N2O2/c1-13-19(12-28-17-8-5-15(11-26)18(22)10-17)29-20(27-13)9-4-14-2-6-16(7-3-14)21(23,24)25/h2-3,5-8,10H,4,9,12H2,1H3. The number of halogens is 4. The van der Waals surface area contributed by atoms with Crippen LogP contribution in [0.4, 0.5) is 13.2 Å². The predicted octanol–water partition coefficient (Wildman–Crippen LogP) is 5.89. The minimum absolute atomic E-state index is 0.140. The summed E-state index contributed by atoms with van der Waals surface area (Å²) in [5, 5.41) is 9.19. The number of oxazole rings is 1. The van der Waals surface area contributed by atoms with Crippen LogP contribution in [0.3, 0.4) is 0 Å². The monoisotopic (exact) mass is 420 g/mol. The average molecular weight is 421 g/mol. The van der Waals surface area contributed by atoms with Gasteiger partial charge < -0.3 is 9.15 Å². The smallest absolute Gasteiger partial charge is 0.416 e. The quantitative estimate of drug-likeness (QED) is 0.498. The van der Waals surface area contributed by atoms with Gasteiger partial charge in [-0.25, -0.2) is 4.98 Å². The van der Waals surface area contributed by atoms with E-state index in [2.05, 4.69) is 4.98 Å². The second-order valence-electron chi connectivity index (χ2n) is 6.35. The first-order valence-electron chi connectivity index (χ1n) is 8.70. The molecule has 1 heterocycles. The van der Waals surface area contributed by atoms with E-state index in [1.165, 1.54) is 12.1 Å². The first-order valence-corrected chi connectivity index (χ1v) is 9.08. The van der Waals surface area contributed by atoms with Gasteiger partial charge in [0.1, 0.15) is 18.4 Å². The van der Waals surface area contributed by atoms with Crippen LogP contribution in [-0.2, 0) is 25.6 Å². The normalized spacial score (nSPS) is 11.3. The predicted molar refractivity (Wildman–Crippen MR) is 101 cm³/mol.